The van der Waals surface area contributed by atoms with Crippen LogP contribution in [0.25, 0.3) is 10.6 Å². The van der Waals surface area contributed by atoms with Crippen LogP contribution >= 0.6 is 22.9 Å². The van der Waals surface area contributed by atoms with Crippen LogP contribution in [-0.2, 0) is 0 Å². The van der Waals surface area contributed by atoms with Gasteiger partial charge in [0.25, 0.3) is 0 Å². The number of nitrogen functional groups attached to an aromatic ring is 1. The van der Waals surface area contributed by atoms with Crippen molar-refractivity contribution >= 4 is 28.6 Å². The lowest BCUT2D eigenvalue weighted by molar-refractivity contribution is 1.05. The quantitative estimate of drug-likeness (QED) is 0.760. The standard InChI is InChI=1S/C9H8ClN3S/c1-5-12-13-9(14-5)7-4-6(10)2-3-8(7)11/h2-4H,11H2,1H3. The zero-order chi connectivity index (χ0) is 10.1. The van der Waals surface area contributed by atoms with E-state index < -0.39 is 0 Å². The minimum Gasteiger partial charge on any atom is -0.398 e. The Morgan fingerprint density at radius 3 is 2.79 bits per heavy atom. The van der Waals surface area contributed by atoms with Crippen molar-refractivity contribution in [2.24, 2.45) is 0 Å². The summed E-state index contributed by atoms with van der Waals surface area (Å²) in [5.74, 6) is 0. The fourth-order valence-corrected chi connectivity index (χ4v) is 2.02. The second kappa shape index (κ2) is 3.55. The van der Waals surface area contributed by atoms with Crippen molar-refractivity contribution in [3.8, 4) is 10.6 Å². The topological polar surface area (TPSA) is 51.8 Å². The zero-order valence-electron chi connectivity index (χ0n) is 7.49. The van der Waals surface area contributed by atoms with Crippen LogP contribution in [0.5, 0.6) is 0 Å². The minimum atomic E-state index is 0.655. The molecule has 0 saturated carbocycles. The van der Waals surface area contributed by atoms with Gasteiger partial charge in [-0.3, -0.25) is 0 Å². The first-order valence-corrected chi connectivity index (χ1v) is 5.22. The monoisotopic (exact) mass is 225 g/mol. The van der Waals surface area contributed by atoms with Gasteiger partial charge in [0, 0.05) is 16.3 Å². The number of hydrogen-bond acceptors (Lipinski definition) is 4. The molecular formula is C9H8ClN3S. The van der Waals surface area contributed by atoms with Crippen molar-refractivity contribution in [1.82, 2.24) is 10.2 Å². The van der Waals surface area contributed by atoms with Gasteiger partial charge in [-0.15, -0.1) is 10.2 Å². The molecule has 0 aliphatic rings. The SMILES string of the molecule is Cc1nnc(-c2cc(Cl)ccc2N)s1. The van der Waals surface area contributed by atoms with Crippen molar-refractivity contribution < 1.29 is 0 Å². The molecule has 3 nitrogen and oxygen atoms in total. The van der Waals surface area contributed by atoms with Crippen LogP contribution in [0.2, 0.25) is 5.02 Å². The van der Waals surface area contributed by atoms with Gasteiger partial charge in [0.15, 0.2) is 0 Å². The first-order chi connectivity index (χ1) is 6.66. The molecule has 0 unspecified atom stereocenters. The Labute approximate surface area is 90.5 Å². The Balaban J connectivity index is 2.55. The molecule has 0 aliphatic carbocycles. The maximum Gasteiger partial charge on any atom is 0.149 e. The summed E-state index contributed by atoms with van der Waals surface area (Å²) in [7, 11) is 0. The number of aryl methyl sites for hydroxylation is 1. The summed E-state index contributed by atoms with van der Waals surface area (Å²) in [6.07, 6.45) is 0. The van der Waals surface area contributed by atoms with Crippen LogP contribution in [0.15, 0.2) is 18.2 Å². The van der Waals surface area contributed by atoms with Gasteiger partial charge in [-0.05, 0) is 25.1 Å². The van der Waals surface area contributed by atoms with E-state index in [0.29, 0.717) is 10.7 Å². The predicted molar refractivity (Wildman–Crippen MR) is 59.5 cm³/mol. The number of nitrogens with zero attached hydrogens (tertiary/aromatic N) is 2. The first-order valence-electron chi connectivity index (χ1n) is 4.02. The molecule has 72 valence electrons. The average molecular weight is 226 g/mol. The van der Waals surface area contributed by atoms with E-state index in [0.717, 1.165) is 15.6 Å². The maximum absolute atomic E-state index is 5.87. The molecule has 2 rings (SSSR count). The smallest absolute Gasteiger partial charge is 0.149 e. The van der Waals surface area contributed by atoms with E-state index >= 15 is 0 Å². The van der Waals surface area contributed by atoms with Gasteiger partial charge in [-0.2, -0.15) is 0 Å². The highest BCUT2D eigenvalue weighted by molar-refractivity contribution is 7.14. The van der Waals surface area contributed by atoms with Gasteiger partial charge in [0.05, 0.1) is 0 Å². The lowest BCUT2D eigenvalue weighted by Crippen LogP contribution is -1.89. The minimum absolute atomic E-state index is 0.655. The van der Waals surface area contributed by atoms with Crippen molar-refractivity contribution in [1.29, 1.82) is 0 Å². The molecule has 5 heteroatoms. The Hall–Kier alpha value is -1.13. The summed E-state index contributed by atoms with van der Waals surface area (Å²) in [4.78, 5) is 0. The van der Waals surface area contributed by atoms with Gasteiger partial charge in [-0.1, -0.05) is 22.9 Å². The van der Waals surface area contributed by atoms with Crippen LogP contribution < -0.4 is 5.73 Å². The van der Waals surface area contributed by atoms with Crippen molar-refractivity contribution in [2.45, 2.75) is 6.92 Å². The zero-order valence-corrected chi connectivity index (χ0v) is 9.06. The molecule has 2 N–H and O–H groups in total. The molecule has 0 aliphatic heterocycles. The number of halogens is 1. The van der Waals surface area contributed by atoms with Crippen LogP contribution in [0.1, 0.15) is 5.01 Å². The van der Waals surface area contributed by atoms with Crippen molar-refractivity contribution in [2.75, 3.05) is 5.73 Å². The van der Waals surface area contributed by atoms with E-state index in [2.05, 4.69) is 10.2 Å². The highest BCUT2D eigenvalue weighted by Crippen LogP contribution is 2.30. The molecule has 1 aromatic carbocycles. The van der Waals surface area contributed by atoms with E-state index in [-0.39, 0.29) is 0 Å². The molecule has 14 heavy (non-hydrogen) atoms. The molecule has 0 bridgehead atoms. The van der Waals surface area contributed by atoms with Crippen LogP contribution in [0, 0.1) is 6.92 Å². The number of rotatable bonds is 1. The van der Waals surface area contributed by atoms with Gasteiger partial charge < -0.3 is 5.73 Å². The van der Waals surface area contributed by atoms with Gasteiger partial charge >= 0.3 is 0 Å². The van der Waals surface area contributed by atoms with Crippen LogP contribution in [0.4, 0.5) is 5.69 Å². The third kappa shape index (κ3) is 1.71. The van der Waals surface area contributed by atoms with E-state index in [9.17, 15) is 0 Å². The van der Waals surface area contributed by atoms with Crippen molar-refractivity contribution in [3.63, 3.8) is 0 Å². The van der Waals surface area contributed by atoms with E-state index in [1.54, 1.807) is 18.2 Å². The highest BCUT2D eigenvalue weighted by Gasteiger charge is 2.07. The Morgan fingerprint density at radius 1 is 1.36 bits per heavy atom. The number of aromatic nitrogens is 2. The first kappa shape index (κ1) is 9.43. The lowest BCUT2D eigenvalue weighted by atomic mass is 10.2. The summed E-state index contributed by atoms with van der Waals surface area (Å²) >= 11 is 7.38. The van der Waals surface area contributed by atoms with E-state index in [1.165, 1.54) is 11.3 Å². The molecule has 0 amide bonds. The normalized spacial score (nSPS) is 10.4. The largest absolute Gasteiger partial charge is 0.398 e. The summed E-state index contributed by atoms with van der Waals surface area (Å²) in [6, 6.07) is 5.33. The number of hydrogen-bond donors (Lipinski definition) is 1. The second-order valence-electron chi connectivity index (χ2n) is 2.86. The fraction of sp³-hybridized carbons (Fsp3) is 0.111. The number of anilines is 1. The predicted octanol–water partition coefficient (Wildman–Crippen LogP) is 2.75. The molecule has 0 atom stereocenters. The Kier molecular flexibility index (Phi) is 2.39. The van der Waals surface area contributed by atoms with Gasteiger partial charge in [-0.25, -0.2) is 0 Å². The lowest BCUT2D eigenvalue weighted by Gasteiger charge is -2.00. The summed E-state index contributed by atoms with van der Waals surface area (Å²) in [5.41, 5.74) is 7.33. The van der Waals surface area contributed by atoms with Crippen LogP contribution in [0.3, 0.4) is 0 Å². The molecule has 0 saturated heterocycles. The fourth-order valence-electron chi connectivity index (χ4n) is 1.12. The maximum atomic E-state index is 5.87. The van der Waals surface area contributed by atoms with Gasteiger partial charge in [0.2, 0.25) is 0 Å². The van der Waals surface area contributed by atoms with E-state index in [1.807, 2.05) is 6.92 Å². The summed E-state index contributed by atoms with van der Waals surface area (Å²) in [6.45, 7) is 1.90. The number of nitrogens with two attached hydrogens (primary N) is 1. The Bertz CT molecular complexity index is 467. The third-order valence-electron chi connectivity index (χ3n) is 1.77. The molecule has 1 aromatic heterocycles. The van der Waals surface area contributed by atoms with Crippen LogP contribution in [-0.4, -0.2) is 10.2 Å². The summed E-state index contributed by atoms with van der Waals surface area (Å²) < 4.78 is 0. The molecule has 1 heterocycles. The third-order valence-corrected chi connectivity index (χ3v) is 2.88. The molecule has 0 radical (unpaired) electrons. The molecule has 0 fully saturated rings. The Morgan fingerprint density at radius 2 is 2.14 bits per heavy atom. The number of benzene rings is 1. The van der Waals surface area contributed by atoms with E-state index in [4.69, 9.17) is 17.3 Å². The second-order valence-corrected chi connectivity index (χ2v) is 4.48. The highest BCUT2D eigenvalue weighted by atomic mass is 35.5. The molecule has 2 aromatic rings. The summed E-state index contributed by atoms with van der Waals surface area (Å²) in [5, 5.41) is 10.3. The molecular weight excluding hydrogens is 218 g/mol. The average Bonchev–Trinajstić information content (AvgIpc) is 2.56. The molecule has 0 spiro atoms. The van der Waals surface area contributed by atoms with Gasteiger partial charge in [0.1, 0.15) is 10.0 Å². The van der Waals surface area contributed by atoms with Crippen molar-refractivity contribution in [3.05, 3.63) is 28.2 Å².